The van der Waals surface area contributed by atoms with E-state index in [9.17, 15) is 13.2 Å². The molecule has 0 radical (unpaired) electrons. The van der Waals surface area contributed by atoms with Crippen molar-refractivity contribution < 1.29 is 13.2 Å². The van der Waals surface area contributed by atoms with Crippen molar-refractivity contribution in [2.45, 2.75) is 31.6 Å². The van der Waals surface area contributed by atoms with Crippen molar-refractivity contribution in [1.29, 1.82) is 0 Å². The van der Waals surface area contributed by atoms with Gasteiger partial charge in [-0.3, -0.25) is 4.90 Å². The average molecular weight is 323 g/mol. The van der Waals surface area contributed by atoms with Crippen LogP contribution in [0.1, 0.15) is 18.4 Å². The lowest BCUT2D eigenvalue weighted by molar-refractivity contribution is -0.148. The fourth-order valence-corrected chi connectivity index (χ4v) is 2.31. The van der Waals surface area contributed by atoms with Crippen LogP contribution in [-0.2, 0) is 6.54 Å². The number of hydrogen-bond acceptors (Lipinski definition) is 2. The van der Waals surface area contributed by atoms with Crippen LogP contribution in [-0.4, -0.2) is 23.7 Å². The smallest absolute Gasteiger partial charge is 0.398 e. The predicted molar refractivity (Wildman–Crippen MR) is 68.0 cm³/mol. The van der Waals surface area contributed by atoms with Gasteiger partial charge in [0.15, 0.2) is 0 Å². The van der Waals surface area contributed by atoms with Gasteiger partial charge in [0, 0.05) is 22.7 Å². The highest BCUT2D eigenvalue weighted by Crippen LogP contribution is 2.33. The van der Waals surface area contributed by atoms with Gasteiger partial charge in [0.1, 0.15) is 0 Å². The Kier molecular flexibility index (Phi) is 3.87. The minimum absolute atomic E-state index is 0.0555. The van der Waals surface area contributed by atoms with E-state index in [-0.39, 0.29) is 12.6 Å². The van der Waals surface area contributed by atoms with Crippen molar-refractivity contribution in [3.8, 4) is 0 Å². The summed E-state index contributed by atoms with van der Waals surface area (Å²) >= 11 is 3.32. The summed E-state index contributed by atoms with van der Waals surface area (Å²) < 4.78 is 38.2. The summed E-state index contributed by atoms with van der Waals surface area (Å²) in [6.07, 6.45) is -2.47. The van der Waals surface area contributed by atoms with E-state index >= 15 is 0 Å². The van der Waals surface area contributed by atoms with Crippen LogP contribution in [0, 0.1) is 0 Å². The van der Waals surface area contributed by atoms with Crippen molar-refractivity contribution in [2.24, 2.45) is 0 Å². The molecule has 0 bridgehead atoms. The largest absolute Gasteiger partial charge is 0.401 e. The summed E-state index contributed by atoms with van der Waals surface area (Å²) in [5, 5.41) is 0. The number of rotatable bonds is 4. The zero-order valence-corrected chi connectivity index (χ0v) is 11.3. The topological polar surface area (TPSA) is 29.3 Å². The second-order valence-corrected chi connectivity index (χ2v) is 5.36. The first-order valence-corrected chi connectivity index (χ1v) is 6.50. The third kappa shape index (κ3) is 3.62. The maximum absolute atomic E-state index is 12.5. The van der Waals surface area contributed by atoms with E-state index < -0.39 is 12.7 Å². The Morgan fingerprint density at radius 3 is 2.56 bits per heavy atom. The normalized spacial score (nSPS) is 16.3. The average Bonchev–Trinajstić information content (AvgIpc) is 3.05. The van der Waals surface area contributed by atoms with Crippen molar-refractivity contribution >= 4 is 21.6 Å². The van der Waals surface area contributed by atoms with E-state index in [1.54, 1.807) is 18.2 Å². The summed E-state index contributed by atoms with van der Waals surface area (Å²) in [6, 6.07) is 5.33. The summed E-state index contributed by atoms with van der Waals surface area (Å²) in [4.78, 5) is 1.47. The molecule has 1 aliphatic carbocycles. The van der Waals surface area contributed by atoms with E-state index in [0.29, 0.717) is 10.2 Å². The van der Waals surface area contributed by atoms with Crippen LogP contribution in [0.3, 0.4) is 0 Å². The number of hydrogen-bond donors (Lipinski definition) is 1. The Morgan fingerprint density at radius 2 is 2.00 bits per heavy atom. The van der Waals surface area contributed by atoms with Crippen LogP contribution in [0.2, 0.25) is 0 Å². The molecule has 0 atom stereocenters. The fourth-order valence-electron chi connectivity index (χ4n) is 1.92. The molecule has 0 aromatic heterocycles. The van der Waals surface area contributed by atoms with Gasteiger partial charge in [0.2, 0.25) is 0 Å². The molecular weight excluding hydrogens is 309 g/mol. The number of halogens is 4. The fraction of sp³-hybridized carbons (Fsp3) is 0.500. The maximum atomic E-state index is 12.5. The molecule has 100 valence electrons. The highest BCUT2D eigenvalue weighted by molar-refractivity contribution is 9.10. The number of nitrogens with zero attached hydrogens (tertiary/aromatic N) is 1. The van der Waals surface area contributed by atoms with E-state index in [2.05, 4.69) is 15.9 Å². The summed E-state index contributed by atoms with van der Waals surface area (Å²) in [5.74, 6) is 0. The predicted octanol–water partition coefficient (Wildman–Crippen LogP) is 3.56. The van der Waals surface area contributed by atoms with E-state index in [1.165, 1.54) is 4.90 Å². The molecule has 2 nitrogen and oxygen atoms in total. The number of anilines is 1. The molecule has 0 saturated heterocycles. The Balaban J connectivity index is 2.11. The minimum Gasteiger partial charge on any atom is -0.398 e. The Bertz CT molecular complexity index is 430. The van der Waals surface area contributed by atoms with Crippen molar-refractivity contribution in [3.63, 3.8) is 0 Å². The van der Waals surface area contributed by atoms with Crippen LogP contribution in [0.25, 0.3) is 0 Å². The van der Waals surface area contributed by atoms with Gasteiger partial charge in [0.05, 0.1) is 6.54 Å². The lowest BCUT2D eigenvalue weighted by atomic mass is 10.2. The summed E-state index contributed by atoms with van der Waals surface area (Å²) in [6.45, 7) is -0.589. The molecule has 6 heteroatoms. The Labute approximate surface area is 112 Å². The van der Waals surface area contributed by atoms with Crippen molar-refractivity contribution in [2.75, 3.05) is 12.3 Å². The third-order valence-electron chi connectivity index (χ3n) is 2.93. The number of nitrogen functional groups attached to an aromatic ring is 1. The number of nitrogens with two attached hydrogens (primary N) is 1. The van der Waals surface area contributed by atoms with Gasteiger partial charge in [-0.25, -0.2) is 0 Å². The van der Waals surface area contributed by atoms with Gasteiger partial charge < -0.3 is 5.73 Å². The first-order chi connectivity index (χ1) is 8.37. The highest BCUT2D eigenvalue weighted by atomic mass is 79.9. The summed E-state index contributed by atoms with van der Waals surface area (Å²) in [5.41, 5.74) is 7.08. The second-order valence-electron chi connectivity index (χ2n) is 4.57. The molecule has 2 N–H and O–H groups in total. The number of alkyl halides is 3. The monoisotopic (exact) mass is 322 g/mol. The van der Waals surface area contributed by atoms with Crippen LogP contribution in [0.15, 0.2) is 22.7 Å². The second kappa shape index (κ2) is 5.09. The van der Waals surface area contributed by atoms with E-state index in [0.717, 1.165) is 18.4 Å². The molecule has 1 saturated carbocycles. The van der Waals surface area contributed by atoms with Crippen molar-refractivity contribution in [3.05, 3.63) is 28.2 Å². The van der Waals surface area contributed by atoms with Crippen LogP contribution >= 0.6 is 15.9 Å². The zero-order chi connectivity index (χ0) is 13.3. The SMILES string of the molecule is Nc1cccc(CN(CC(F)(F)F)C2CC2)c1Br. The Morgan fingerprint density at radius 1 is 1.33 bits per heavy atom. The van der Waals surface area contributed by atoms with Gasteiger partial charge in [-0.05, 0) is 40.4 Å². The van der Waals surface area contributed by atoms with Crippen LogP contribution in [0.5, 0.6) is 0 Å². The van der Waals surface area contributed by atoms with Crippen molar-refractivity contribution in [1.82, 2.24) is 4.90 Å². The molecule has 0 aliphatic heterocycles. The molecule has 2 rings (SSSR count). The van der Waals surface area contributed by atoms with Gasteiger partial charge in [-0.15, -0.1) is 0 Å². The molecule has 0 spiro atoms. The van der Waals surface area contributed by atoms with Crippen LogP contribution < -0.4 is 5.73 Å². The zero-order valence-electron chi connectivity index (χ0n) is 9.67. The van der Waals surface area contributed by atoms with E-state index in [4.69, 9.17) is 5.73 Å². The molecule has 1 fully saturated rings. The molecule has 0 amide bonds. The summed E-state index contributed by atoms with van der Waals surface area (Å²) in [7, 11) is 0. The maximum Gasteiger partial charge on any atom is 0.401 e. The Hall–Kier alpha value is -0.750. The van der Waals surface area contributed by atoms with Gasteiger partial charge >= 0.3 is 6.18 Å². The van der Waals surface area contributed by atoms with Gasteiger partial charge in [-0.2, -0.15) is 13.2 Å². The minimum atomic E-state index is -4.16. The third-order valence-corrected chi connectivity index (χ3v) is 3.89. The molecule has 1 aromatic rings. The van der Waals surface area contributed by atoms with Gasteiger partial charge in [-0.1, -0.05) is 12.1 Å². The molecule has 1 aliphatic rings. The lowest BCUT2D eigenvalue weighted by Crippen LogP contribution is -2.35. The highest BCUT2D eigenvalue weighted by Gasteiger charge is 2.38. The van der Waals surface area contributed by atoms with Gasteiger partial charge in [0.25, 0.3) is 0 Å². The molecular formula is C12H14BrF3N2. The molecule has 0 heterocycles. The molecule has 0 unspecified atom stereocenters. The quantitative estimate of drug-likeness (QED) is 0.859. The van der Waals surface area contributed by atoms with E-state index in [1.807, 2.05) is 0 Å². The molecule has 18 heavy (non-hydrogen) atoms. The molecule has 1 aromatic carbocycles. The number of benzene rings is 1. The first-order valence-electron chi connectivity index (χ1n) is 5.70. The lowest BCUT2D eigenvalue weighted by Gasteiger charge is -2.24. The standard InChI is InChI=1S/C12H14BrF3N2/c13-11-8(2-1-3-10(11)17)6-18(9-4-5-9)7-12(14,15)16/h1-3,9H,4-7,17H2. The van der Waals surface area contributed by atoms with Crippen LogP contribution in [0.4, 0.5) is 18.9 Å². The first kappa shape index (κ1) is 13.7.